The molecule has 0 unspecified atom stereocenters. The Morgan fingerprint density at radius 2 is 2.00 bits per heavy atom. The normalized spacial score (nSPS) is 26.9. The van der Waals surface area contributed by atoms with Crippen molar-refractivity contribution in [3.8, 4) is 0 Å². The molecule has 10 nitrogen and oxygen atoms in total. The molecule has 3 N–H and O–H groups in total. The maximum atomic E-state index is 12.1. The zero-order valence-corrected chi connectivity index (χ0v) is 14.1. The van der Waals surface area contributed by atoms with E-state index in [1.54, 1.807) is 0 Å². The van der Waals surface area contributed by atoms with Gasteiger partial charge >= 0.3 is 18.1 Å². The van der Waals surface area contributed by atoms with E-state index in [-0.39, 0.29) is 24.2 Å². The van der Waals surface area contributed by atoms with Crippen LogP contribution in [0.25, 0.3) is 0 Å². The number of alkyl carbamates (subject to hydrolysis) is 1. The lowest BCUT2D eigenvalue weighted by atomic mass is 10.0. The number of hydrogen-bond donors (Lipinski definition) is 3. The van der Waals surface area contributed by atoms with Gasteiger partial charge in [0.1, 0.15) is 0 Å². The lowest BCUT2D eigenvalue weighted by Gasteiger charge is -2.16. The van der Waals surface area contributed by atoms with Gasteiger partial charge in [0, 0.05) is 13.5 Å². The number of rotatable bonds is 7. The average molecular weight is 363 g/mol. The molecule has 2 fully saturated rings. The van der Waals surface area contributed by atoms with Gasteiger partial charge in [-0.15, -0.1) is 0 Å². The third-order valence-electron chi connectivity index (χ3n) is 4.06. The number of urea groups is 1. The van der Waals surface area contributed by atoms with Crippen LogP contribution in [0, 0.1) is 0 Å². The van der Waals surface area contributed by atoms with Crippen LogP contribution in [-0.2, 0) is 24.1 Å². The zero-order chi connectivity index (χ0) is 17.7. The van der Waals surface area contributed by atoms with Gasteiger partial charge in [-0.3, -0.25) is 4.79 Å². The number of nitrogens with one attached hydrogen (secondary N) is 3. The fourth-order valence-corrected chi connectivity index (χ4v) is 5.18. The van der Waals surface area contributed by atoms with Crippen molar-refractivity contribution in [2.45, 2.75) is 43.0 Å². The van der Waals surface area contributed by atoms with Crippen molar-refractivity contribution >= 4 is 27.9 Å². The molecule has 0 aromatic rings. The van der Waals surface area contributed by atoms with Crippen LogP contribution in [0.1, 0.15) is 25.7 Å². The van der Waals surface area contributed by atoms with E-state index in [0.717, 1.165) is 0 Å². The van der Waals surface area contributed by atoms with Crippen molar-refractivity contribution in [2.75, 3.05) is 19.6 Å². The summed E-state index contributed by atoms with van der Waals surface area (Å²) in [5.74, 6) is -0.582. The van der Waals surface area contributed by atoms with Crippen LogP contribution in [0.5, 0.6) is 0 Å². The molecule has 136 valence electrons. The van der Waals surface area contributed by atoms with Gasteiger partial charge in [0.05, 0.1) is 23.1 Å². The largest absolute Gasteiger partial charge is 0.428 e. The fraction of sp³-hybridized carbons (Fsp3) is 0.769. The van der Waals surface area contributed by atoms with Crippen molar-refractivity contribution in [1.82, 2.24) is 16.0 Å². The number of ether oxygens (including phenoxy) is 2. The van der Waals surface area contributed by atoms with E-state index in [9.17, 15) is 22.8 Å². The van der Waals surface area contributed by atoms with E-state index in [4.69, 9.17) is 4.74 Å². The second-order valence-corrected chi connectivity index (χ2v) is 7.94. The Kier molecular flexibility index (Phi) is 5.86. The Morgan fingerprint density at radius 3 is 2.71 bits per heavy atom. The van der Waals surface area contributed by atoms with Gasteiger partial charge in [0.2, 0.25) is 6.79 Å². The molecule has 2 aliphatic rings. The Labute approximate surface area is 139 Å². The van der Waals surface area contributed by atoms with Crippen LogP contribution >= 0.6 is 0 Å². The Hall–Kier alpha value is -2.04. The molecule has 0 aromatic heterocycles. The predicted molar refractivity (Wildman–Crippen MR) is 81.8 cm³/mol. The smallest absolute Gasteiger partial charge is 0.409 e. The van der Waals surface area contributed by atoms with Gasteiger partial charge in [-0.1, -0.05) is 6.42 Å². The third-order valence-corrected chi connectivity index (χ3v) is 6.33. The average Bonchev–Trinajstić information content (AvgIpc) is 2.95. The maximum Gasteiger partial charge on any atom is 0.409 e. The number of amides is 3. The minimum absolute atomic E-state index is 0.0556. The first-order valence-corrected chi connectivity index (χ1v) is 9.34. The van der Waals surface area contributed by atoms with Gasteiger partial charge in [0.25, 0.3) is 0 Å². The molecule has 0 bridgehead atoms. The topological polar surface area (TPSA) is 140 Å². The summed E-state index contributed by atoms with van der Waals surface area (Å²) in [6.07, 6.45) is 0.727. The highest BCUT2D eigenvalue weighted by Crippen LogP contribution is 2.28. The van der Waals surface area contributed by atoms with Gasteiger partial charge in [-0.25, -0.2) is 18.0 Å². The van der Waals surface area contributed by atoms with Crippen molar-refractivity contribution < 1.29 is 32.3 Å². The molecular formula is C13H21N3O7S. The molecule has 0 radical (unpaired) electrons. The molecule has 2 rings (SSSR count). The molecule has 2 saturated heterocycles. The number of carbonyl (C=O) groups excluding carboxylic acids is 3. The zero-order valence-electron chi connectivity index (χ0n) is 13.2. The van der Waals surface area contributed by atoms with Crippen molar-refractivity contribution in [2.24, 2.45) is 0 Å². The number of fused-ring (bicyclic) bond motifs is 1. The molecule has 2 aliphatic heterocycles. The molecule has 0 aromatic carbocycles. The Balaban J connectivity index is 1.67. The first kappa shape index (κ1) is 18.3. The summed E-state index contributed by atoms with van der Waals surface area (Å²) < 4.78 is 33.4. The van der Waals surface area contributed by atoms with Crippen LogP contribution in [0.3, 0.4) is 0 Å². The lowest BCUT2D eigenvalue weighted by Crippen LogP contribution is -2.39. The summed E-state index contributed by atoms with van der Waals surface area (Å²) in [7, 11) is -1.87. The monoisotopic (exact) mass is 363 g/mol. The van der Waals surface area contributed by atoms with Crippen molar-refractivity contribution in [3.63, 3.8) is 0 Å². The van der Waals surface area contributed by atoms with Crippen LogP contribution in [0.15, 0.2) is 0 Å². The molecular weight excluding hydrogens is 342 g/mol. The minimum Gasteiger partial charge on any atom is -0.428 e. The molecule has 0 spiro atoms. The number of carbonyl (C=O) groups is 3. The van der Waals surface area contributed by atoms with Gasteiger partial charge in [-0.05, 0) is 12.8 Å². The third kappa shape index (κ3) is 4.49. The van der Waals surface area contributed by atoms with E-state index in [2.05, 4.69) is 20.7 Å². The fourth-order valence-electron chi connectivity index (χ4n) is 2.91. The minimum atomic E-state index is -3.25. The van der Waals surface area contributed by atoms with Crippen molar-refractivity contribution in [1.29, 1.82) is 0 Å². The van der Waals surface area contributed by atoms with Gasteiger partial charge in [0.15, 0.2) is 9.84 Å². The summed E-state index contributed by atoms with van der Waals surface area (Å²) in [6, 6.07) is -1.13. The van der Waals surface area contributed by atoms with Gasteiger partial charge < -0.3 is 25.4 Å². The summed E-state index contributed by atoms with van der Waals surface area (Å²) in [5, 5.41) is 6.81. The molecule has 3 amide bonds. The predicted octanol–water partition coefficient (Wildman–Crippen LogP) is -0.749. The number of unbranched alkanes of at least 4 members (excludes halogenated alkanes) is 1. The number of esters is 1. The SMILES string of the molecule is CNC(=O)OCOC(=O)CCCC[C@H]1[C@H]2NC(=O)N[C@H]2CS1(=O)=O. The maximum absolute atomic E-state index is 12.1. The van der Waals surface area contributed by atoms with E-state index < -0.39 is 40.0 Å². The Bertz CT molecular complexity index is 607. The standard InChI is InChI=1S/C13H21N3O7S/c1-14-13(19)23-7-22-10(17)5-3-2-4-9-11-8(6-24(9,20)21)15-12(18)16-11/h8-9,11H,2-7H2,1H3,(H,14,19)(H2,15,16,18)/t8-,9-,11-/m0/s1. The van der Waals surface area contributed by atoms with Crippen LogP contribution in [-0.4, -0.2) is 63.4 Å². The highest BCUT2D eigenvalue weighted by atomic mass is 32.2. The second-order valence-electron chi connectivity index (χ2n) is 5.68. The summed E-state index contributed by atoms with van der Waals surface area (Å²) in [4.78, 5) is 33.5. The van der Waals surface area contributed by atoms with Crippen LogP contribution < -0.4 is 16.0 Å². The molecule has 0 aliphatic carbocycles. The molecule has 2 heterocycles. The van der Waals surface area contributed by atoms with Crippen LogP contribution in [0.4, 0.5) is 9.59 Å². The Morgan fingerprint density at radius 1 is 1.25 bits per heavy atom. The number of sulfone groups is 1. The second kappa shape index (κ2) is 7.69. The molecule has 11 heteroatoms. The quantitative estimate of drug-likeness (QED) is 0.234. The highest BCUT2D eigenvalue weighted by molar-refractivity contribution is 7.92. The summed E-state index contributed by atoms with van der Waals surface area (Å²) in [6.45, 7) is -0.461. The van der Waals surface area contributed by atoms with Gasteiger partial charge in [-0.2, -0.15) is 0 Å². The van der Waals surface area contributed by atoms with E-state index in [0.29, 0.717) is 19.3 Å². The number of hydrogen-bond acceptors (Lipinski definition) is 7. The summed E-state index contributed by atoms with van der Waals surface area (Å²) in [5.41, 5.74) is 0. The van der Waals surface area contributed by atoms with E-state index in [1.165, 1.54) is 7.05 Å². The summed E-state index contributed by atoms with van der Waals surface area (Å²) >= 11 is 0. The first-order chi connectivity index (χ1) is 11.3. The van der Waals surface area contributed by atoms with E-state index in [1.807, 2.05) is 0 Å². The van der Waals surface area contributed by atoms with E-state index >= 15 is 0 Å². The van der Waals surface area contributed by atoms with Crippen molar-refractivity contribution in [3.05, 3.63) is 0 Å². The molecule has 0 saturated carbocycles. The molecule has 3 atom stereocenters. The lowest BCUT2D eigenvalue weighted by molar-refractivity contribution is -0.151. The first-order valence-electron chi connectivity index (χ1n) is 7.62. The molecule has 24 heavy (non-hydrogen) atoms. The highest BCUT2D eigenvalue weighted by Gasteiger charge is 2.51. The van der Waals surface area contributed by atoms with Crippen LogP contribution in [0.2, 0.25) is 0 Å².